The summed E-state index contributed by atoms with van der Waals surface area (Å²) >= 11 is 6.24. The molecule has 3 rings (SSSR count). The number of hydrogen-bond acceptors (Lipinski definition) is 6. The number of ether oxygens (including phenoxy) is 2. The van der Waals surface area contributed by atoms with Crippen molar-refractivity contribution in [2.75, 3.05) is 25.3 Å². The molecule has 0 spiro atoms. The Bertz CT molecular complexity index is 1080. The number of unbranched alkanes of at least 4 members (excludes halogenated alkanes) is 11. The summed E-state index contributed by atoms with van der Waals surface area (Å²) in [6.45, 7) is 5.29. The number of aromatic nitrogens is 4. The number of halogens is 1. The van der Waals surface area contributed by atoms with E-state index in [1.165, 1.54) is 64.2 Å². The van der Waals surface area contributed by atoms with Gasteiger partial charge in [0.2, 0.25) is 0 Å². The summed E-state index contributed by atoms with van der Waals surface area (Å²) in [5.74, 6) is 0.402. The van der Waals surface area contributed by atoms with Crippen LogP contribution in [0.5, 0.6) is 0 Å². The molecule has 0 unspecified atom stereocenters. The molecule has 0 saturated carbocycles. The number of benzene rings is 1. The van der Waals surface area contributed by atoms with Gasteiger partial charge in [-0.2, -0.15) is 4.63 Å². The predicted molar refractivity (Wildman–Crippen MR) is 154 cm³/mol. The summed E-state index contributed by atoms with van der Waals surface area (Å²) in [4.78, 5) is 16.4. The van der Waals surface area contributed by atoms with Gasteiger partial charge in [-0.05, 0) is 37.6 Å². The molecule has 210 valence electrons. The molecule has 0 amide bonds. The van der Waals surface area contributed by atoms with E-state index in [1.807, 2.05) is 31.2 Å². The molecule has 1 aromatic carbocycles. The smallest absolute Gasteiger partial charge is 0.308 e. The first kappa shape index (κ1) is 30.0. The number of fused-ring (bicyclic) bond motifs is 1. The number of hydrogen-bond donors (Lipinski definition) is 2. The Hall–Kier alpha value is -2.58. The van der Waals surface area contributed by atoms with Crippen molar-refractivity contribution in [3.8, 4) is 11.4 Å². The summed E-state index contributed by atoms with van der Waals surface area (Å²) in [6.07, 6.45) is 15.8. The molecular weight excluding hydrogens is 502 g/mol. The lowest BCUT2D eigenvalue weighted by atomic mass is 10.1. The van der Waals surface area contributed by atoms with E-state index in [9.17, 15) is 4.79 Å². The van der Waals surface area contributed by atoms with Crippen LogP contribution < -0.4 is 5.32 Å². The third kappa shape index (κ3) is 10.3. The first-order chi connectivity index (χ1) is 18.6. The van der Waals surface area contributed by atoms with Crippen molar-refractivity contribution < 1.29 is 14.3 Å². The average Bonchev–Trinajstić information content (AvgIpc) is 3.45. The van der Waals surface area contributed by atoms with Gasteiger partial charge in [0.15, 0.2) is 11.5 Å². The van der Waals surface area contributed by atoms with E-state index < -0.39 is 0 Å². The molecule has 8 nitrogen and oxygen atoms in total. The Morgan fingerprint density at radius 3 is 2.21 bits per heavy atom. The van der Waals surface area contributed by atoms with Gasteiger partial charge in [-0.3, -0.25) is 9.89 Å². The number of carbonyl (C=O) groups excluding carboxylic acids is 1. The van der Waals surface area contributed by atoms with Crippen molar-refractivity contribution in [3.63, 3.8) is 0 Å². The quantitative estimate of drug-likeness (QED) is 0.0857. The van der Waals surface area contributed by atoms with E-state index in [1.54, 1.807) is 4.63 Å². The number of rotatable bonds is 20. The Labute approximate surface area is 231 Å². The van der Waals surface area contributed by atoms with Crippen LogP contribution in [0.4, 0.5) is 5.69 Å². The third-order valence-electron chi connectivity index (χ3n) is 6.64. The van der Waals surface area contributed by atoms with E-state index in [0.717, 1.165) is 29.8 Å². The van der Waals surface area contributed by atoms with Gasteiger partial charge in [0.05, 0.1) is 25.3 Å². The fraction of sp³-hybridized carbons (Fsp3) is 0.621. The summed E-state index contributed by atoms with van der Waals surface area (Å²) in [5.41, 5.74) is 3.24. The Morgan fingerprint density at radius 1 is 0.947 bits per heavy atom. The zero-order valence-electron chi connectivity index (χ0n) is 23.1. The zero-order chi connectivity index (χ0) is 27.0. The van der Waals surface area contributed by atoms with Gasteiger partial charge in [0, 0.05) is 11.3 Å². The molecule has 0 aliphatic carbocycles. The summed E-state index contributed by atoms with van der Waals surface area (Å²) in [5, 5.41) is 11.2. The van der Waals surface area contributed by atoms with Gasteiger partial charge >= 0.3 is 5.97 Å². The number of carbonyl (C=O) groups is 1. The van der Waals surface area contributed by atoms with E-state index in [4.69, 9.17) is 21.1 Å². The molecule has 38 heavy (non-hydrogen) atoms. The molecule has 2 aromatic heterocycles. The van der Waals surface area contributed by atoms with Gasteiger partial charge in [0.1, 0.15) is 11.8 Å². The molecule has 0 aliphatic heterocycles. The maximum atomic E-state index is 11.9. The van der Waals surface area contributed by atoms with Gasteiger partial charge in [0.25, 0.3) is 0 Å². The maximum absolute atomic E-state index is 11.9. The fourth-order valence-electron chi connectivity index (χ4n) is 4.33. The first-order valence-corrected chi connectivity index (χ1v) is 14.6. The second kappa shape index (κ2) is 17.1. The molecule has 0 saturated heterocycles. The number of aryl methyl sites for hydroxylation is 1. The van der Waals surface area contributed by atoms with Crippen molar-refractivity contribution in [3.05, 3.63) is 35.0 Å². The fourth-order valence-corrected chi connectivity index (χ4v) is 4.50. The van der Waals surface area contributed by atoms with E-state index in [0.29, 0.717) is 36.4 Å². The van der Waals surface area contributed by atoms with Crippen LogP contribution in [-0.4, -0.2) is 45.7 Å². The van der Waals surface area contributed by atoms with Gasteiger partial charge in [-0.1, -0.05) is 89.2 Å². The van der Waals surface area contributed by atoms with Crippen LogP contribution in [0.15, 0.2) is 24.3 Å². The van der Waals surface area contributed by atoms with Crippen LogP contribution in [0.2, 0.25) is 5.02 Å². The summed E-state index contributed by atoms with van der Waals surface area (Å²) in [7, 11) is 0. The molecule has 0 bridgehead atoms. The second-order valence-electron chi connectivity index (χ2n) is 9.89. The minimum atomic E-state index is -0.198. The first-order valence-electron chi connectivity index (χ1n) is 14.3. The van der Waals surface area contributed by atoms with E-state index in [2.05, 4.69) is 27.4 Å². The molecule has 0 aliphatic rings. The Balaban J connectivity index is 1.15. The highest BCUT2D eigenvalue weighted by Crippen LogP contribution is 2.24. The Morgan fingerprint density at radius 2 is 1.58 bits per heavy atom. The number of nitrogens with one attached hydrogen (secondary N) is 2. The number of esters is 1. The largest absolute Gasteiger partial charge is 0.466 e. The lowest BCUT2D eigenvalue weighted by molar-refractivity contribution is -0.144. The zero-order valence-corrected chi connectivity index (χ0v) is 23.8. The minimum Gasteiger partial charge on any atom is -0.466 e. The van der Waals surface area contributed by atoms with Gasteiger partial charge < -0.3 is 14.8 Å². The summed E-state index contributed by atoms with van der Waals surface area (Å²) < 4.78 is 12.4. The lowest BCUT2D eigenvalue weighted by Crippen LogP contribution is -2.12. The van der Waals surface area contributed by atoms with Crippen LogP contribution in [0.1, 0.15) is 96.1 Å². The monoisotopic (exact) mass is 545 g/mol. The van der Waals surface area contributed by atoms with Crippen LogP contribution >= 0.6 is 11.6 Å². The molecule has 3 aromatic rings. The molecule has 0 atom stereocenters. The molecule has 2 heterocycles. The molecule has 0 radical (unpaired) electrons. The highest BCUT2D eigenvalue weighted by atomic mass is 35.5. The number of H-pyrrole nitrogens is 1. The van der Waals surface area contributed by atoms with Crippen LogP contribution in [0.25, 0.3) is 17.0 Å². The maximum Gasteiger partial charge on any atom is 0.308 e. The second-order valence-corrected chi connectivity index (χ2v) is 10.3. The Kier molecular flexibility index (Phi) is 13.5. The predicted octanol–water partition coefficient (Wildman–Crippen LogP) is 7.71. The highest BCUT2D eigenvalue weighted by molar-refractivity contribution is 6.34. The topological polar surface area (TPSA) is 93.5 Å². The molecule has 9 heteroatoms. The molecule has 0 fully saturated rings. The SMILES string of the molecule is CCCCCCCCCCCCCCOC(=O)CCOCNc1ccc(-c2nc3c(Cl)c(C)[nH]n3n2)cc1. The number of anilines is 1. The minimum absolute atomic E-state index is 0.198. The summed E-state index contributed by atoms with van der Waals surface area (Å²) in [6, 6.07) is 7.74. The van der Waals surface area contributed by atoms with Crippen LogP contribution in [0.3, 0.4) is 0 Å². The molecular formula is C29H44ClN5O3. The number of aromatic amines is 1. The molecule has 2 N–H and O–H groups in total. The van der Waals surface area contributed by atoms with Crippen molar-refractivity contribution >= 4 is 28.9 Å². The highest BCUT2D eigenvalue weighted by Gasteiger charge is 2.13. The van der Waals surface area contributed by atoms with E-state index in [-0.39, 0.29) is 12.4 Å². The number of nitrogens with zero attached hydrogens (tertiary/aromatic N) is 3. The lowest BCUT2D eigenvalue weighted by Gasteiger charge is -2.08. The van der Waals surface area contributed by atoms with Crippen LogP contribution in [0, 0.1) is 6.92 Å². The third-order valence-corrected chi connectivity index (χ3v) is 7.09. The normalized spacial score (nSPS) is 11.3. The van der Waals surface area contributed by atoms with Gasteiger partial charge in [-0.15, -0.1) is 5.10 Å². The standard InChI is InChI=1S/C29H44ClN5O3/c1-3-4-5-6-7-8-9-10-11-12-13-14-20-38-26(36)19-21-37-22-31-25-17-15-24(16-18-25)28-32-29-27(30)23(2)33-35(29)34-28/h15-18,31,33H,3-14,19-22H2,1-2H3. The van der Waals surface area contributed by atoms with Gasteiger partial charge in [-0.25, -0.2) is 4.98 Å². The van der Waals surface area contributed by atoms with E-state index >= 15 is 0 Å². The average molecular weight is 546 g/mol. The van der Waals surface area contributed by atoms with Crippen molar-refractivity contribution in [1.29, 1.82) is 0 Å². The van der Waals surface area contributed by atoms with Crippen molar-refractivity contribution in [2.24, 2.45) is 0 Å². The van der Waals surface area contributed by atoms with Crippen molar-refractivity contribution in [2.45, 2.75) is 97.3 Å². The van der Waals surface area contributed by atoms with Crippen LogP contribution in [-0.2, 0) is 14.3 Å². The van der Waals surface area contributed by atoms with Crippen molar-refractivity contribution in [1.82, 2.24) is 19.8 Å².